The van der Waals surface area contributed by atoms with Gasteiger partial charge in [-0.3, -0.25) is 4.68 Å². The van der Waals surface area contributed by atoms with Crippen LogP contribution in [0.1, 0.15) is 17.0 Å². The number of ether oxygens (including phenoxy) is 1. The van der Waals surface area contributed by atoms with Crippen molar-refractivity contribution in [2.24, 2.45) is 0 Å². The predicted octanol–water partition coefficient (Wildman–Crippen LogP) is 1.86. The van der Waals surface area contributed by atoms with Crippen molar-refractivity contribution in [1.82, 2.24) is 19.7 Å². The van der Waals surface area contributed by atoms with Crippen LogP contribution in [-0.2, 0) is 30.6 Å². The third kappa shape index (κ3) is 2.89. The van der Waals surface area contributed by atoms with Crippen LogP contribution < -0.4 is 4.90 Å². The highest BCUT2D eigenvalue weighted by Crippen LogP contribution is 2.28. The Labute approximate surface area is 124 Å². The van der Waals surface area contributed by atoms with Crippen LogP contribution >= 0.6 is 0 Å². The highest BCUT2D eigenvalue weighted by Gasteiger charge is 2.31. The molecule has 6 nitrogen and oxygen atoms in total. The van der Waals surface area contributed by atoms with Crippen molar-refractivity contribution in [3.8, 4) is 0 Å². The number of halogens is 3. The fourth-order valence-corrected chi connectivity index (χ4v) is 2.35. The van der Waals surface area contributed by atoms with Gasteiger partial charge in [-0.2, -0.15) is 18.3 Å². The zero-order valence-corrected chi connectivity index (χ0v) is 11.8. The summed E-state index contributed by atoms with van der Waals surface area (Å²) in [4.78, 5) is 9.48. The first-order valence-corrected chi connectivity index (χ1v) is 6.66. The van der Waals surface area contributed by atoms with E-state index in [0.717, 1.165) is 23.8 Å². The molecule has 0 bridgehead atoms. The Morgan fingerprint density at radius 1 is 1.23 bits per heavy atom. The van der Waals surface area contributed by atoms with Crippen molar-refractivity contribution < 1.29 is 17.9 Å². The Hall–Kier alpha value is -2.16. The lowest BCUT2D eigenvalue weighted by atomic mass is 10.3. The molecule has 2 aromatic rings. The van der Waals surface area contributed by atoms with Crippen molar-refractivity contribution >= 4 is 5.95 Å². The van der Waals surface area contributed by atoms with Gasteiger partial charge in [-0.25, -0.2) is 9.97 Å². The second-order valence-electron chi connectivity index (χ2n) is 4.97. The van der Waals surface area contributed by atoms with E-state index in [2.05, 4.69) is 15.1 Å². The predicted molar refractivity (Wildman–Crippen MR) is 71.0 cm³/mol. The summed E-state index contributed by atoms with van der Waals surface area (Å²) in [5.74, 6) is 0.286. The van der Waals surface area contributed by atoms with Gasteiger partial charge in [0, 0.05) is 26.0 Å². The van der Waals surface area contributed by atoms with E-state index in [1.807, 2.05) is 15.6 Å². The molecule has 22 heavy (non-hydrogen) atoms. The molecule has 0 saturated carbocycles. The fourth-order valence-electron chi connectivity index (χ4n) is 2.35. The minimum Gasteiger partial charge on any atom is -0.378 e. The van der Waals surface area contributed by atoms with E-state index in [-0.39, 0.29) is 5.95 Å². The summed E-state index contributed by atoms with van der Waals surface area (Å²) >= 11 is 0. The molecule has 0 unspecified atom stereocenters. The molecule has 118 valence electrons. The van der Waals surface area contributed by atoms with E-state index in [0.29, 0.717) is 26.2 Å². The molecule has 0 atom stereocenters. The van der Waals surface area contributed by atoms with Gasteiger partial charge >= 0.3 is 6.18 Å². The summed E-state index contributed by atoms with van der Waals surface area (Å²) in [5, 5.41) is 4.39. The lowest BCUT2D eigenvalue weighted by Crippen LogP contribution is -2.35. The maximum absolute atomic E-state index is 12.5. The van der Waals surface area contributed by atoms with Crippen molar-refractivity contribution in [2.75, 3.05) is 18.6 Å². The van der Waals surface area contributed by atoms with Crippen LogP contribution in [-0.4, -0.2) is 33.4 Å². The normalized spacial score (nSPS) is 15.0. The SMILES string of the molecule is COCc1cc2n(n1)CCN(c1ncc(C(F)(F)F)cn1)C2. The van der Waals surface area contributed by atoms with E-state index in [4.69, 9.17) is 4.74 Å². The molecule has 1 aliphatic rings. The van der Waals surface area contributed by atoms with E-state index in [1.54, 1.807) is 7.11 Å². The second kappa shape index (κ2) is 5.56. The summed E-state index contributed by atoms with van der Waals surface area (Å²) < 4.78 is 44.5. The molecular weight excluding hydrogens is 299 g/mol. The summed E-state index contributed by atoms with van der Waals surface area (Å²) in [6.07, 6.45) is -2.80. The van der Waals surface area contributed by atoms with E-state index in [1.165, 1.54) is 0 Å². The lowest BCUT2D eigenvalue weighted by Gasteiger charge is -2.27. The van der Waals surface area contributed by atoms with Crippen molar-refractivity contribution in [3.63, 3.8) is 0 Å². The van der Waals surface area contributed by atoms with E-state index >= 15 is 0 Å². The fraction of sp³-hybridized carbons (Fsp3) is 0.462. The first kappa shape index (κ1) is 14.8. The number of aromatic nitrogens is 4. The Morgan fingerprint density at radius 3 is 2.59 bits per heavy atom. The highest BCUT2D eigenvalue weighted by molar-refractivity contribution is 5.33. The van der Waals surface area contributed by atoms with Crippen LogP contribution in [0.2, 0.25) is 0 Å². The molecule has 0 N–H and O–H groups in total. The summed E-state index contributed by atoms with van der Waals surface area (Å²) in [5.41, 5.74) is 0.940. The van der Waals surface area contributed by atoms with Crippen LogP contribution in [0.4, 0.5) is 19.1 Å². The highest BCUT2D eigenvalue weighted by atomic mass is 19.4. The van der Waals surface area contributed by atoms with Crippen LogP contribution in [0.5, 0.6) is 0 Å². The Bertz CT molecular complexity index is 653. The Kier molecular flexibility index (Phi) is 3.73. The zero-order valence-electron chi connectivity index (χ0n) is 11.8. The number of methoxy groups -OCH3 is 1. The van der Waals surface area contributed by atoms with Crippen LogP contribution in [0.3, 0.4) is 0 Å². The monoisotopic (exact) mass is 313 g/mol. The molecule has 3 heterocycles. The number of anilines is 1. The average molecular weight is 313 g/mol. The molecule has 1 aliphatic heterocycles. The van der Waals surface area contributed by atoms with Gasteiger partial charge in [0.25, 0.3) is 0 Å². The van der Waals surface area contributed by atoms with Crippen LogP contribution in [0.15, 0.2) is 18.5 Å². The minimum atomic E-state index is -4.42. The quantitative estimate of drug-likeness (QED) is 0.866. The van der Waals surface area contributed by atoms with Gasteiger partial charge in [-0.1, -0.05) is 0 Å². The van der Waals surface area contributed by atoms with Crippen molar-refractivity contribution in [2.45, 2.75) is 25.9 Å². The molecule has 0 aromatic carbocycles. The van der Waals surface area contributed by atoms with Crippen molar-refractivity contribution in [3.05, 3.63) is 35.4 Å². The largest absolute Gasteiger partial charge is 0.419 e. The molecule has 0 spiro atoms. The molecule has 9 heteroatoms. The number of alkyl halides is 3. The van der Waals surface area contributed by atoms with Gasteiger partial charge in [0.2, 0.25) is 5.95 Å². The van der Waals surface area contributed by atoms with Gasteiger partial charge in [0.15, 0.2) is 0 Å². The smallest absolute Gasteiger partial charge is 0.378 e. The number of nitrogens with zero attached hydrogens (tertiary/aromatic N) is 5. The molecule has 3 rings (SSSR count). The van der Waals surface area contributed by atoms with Gasteiger partial charge in [0.05, 0.1) is 36.6 Å². The minimum absolute atomic E-state index is 0.286. The van der Waals surface area contributed by atoms with E-state index in [9.17, 15) is 13.2 Å². The zero-order chi connectivity index (χ0) is 15.7. The molecule has 0 aliphatic carbocycles. The lowest BCUT2D eigenvalue weighted by molar-refractivity contribution is -0.138. The molecule has 0 saturated heterocycles. The van der Waals surface area contributed by atoms with Crippen LogP contribution in [0.25, 0.3) is 0 Å². The van der Waals surface area contributed by atoms with Gasteiger partial charge in [-0.15, -0.1) is 0 Å². The first-order valence-electron chi connectivity index (χ1n) is 6.66. The molecule has 0 radical (unpaired) electrons. The third-order valence-electron chi connectivity index (χ3n) is 3.39. The van der Waals surface area contributed by atoms with Gasteiger partial charge < -0.3 is 9.64 Å². The number of rotatable bonds is 3. The van der Waals surface area contributed by atoms with Gasteiger partial charge in [-0.05, 0) is 6.07 Å². The van der Waals surface area contributed by atoms with Crippen LogP contribution in [0, 0.1) is 0 Å². The topological polar surface area (TPSA) is 56.1 Å². The second-order valence-corrected chi connectivity index (χ2v) is 4.97. The summed E-state index contributed by atoms with van der Waals surface area (Å²) in [6.45, 7) is 2.15. The standard InChI is InChI=1S/C13H14F3N5O/c1-22-8-10-4-11-7-20(2-3-21(11)19-10)12-17-5-9(6-18-12)13(14,15)16/h4-6H,2-3,7-8H2,1H3. The summed E-state index contributed by atoms with van der Waals surface area (Å²) in [7, 11) is 1.60. The maximum Gasteiger partial charge on any atom is 0.419 e. The Balaban J connectivity index is 1.76. The molecular formula is C13H14F3N5O. The van der Waals surface area contributed by atoms with E-state index < -0.39 is 11.7 Å². The molecule has 0 amide bonds. The first-order chi connectivity index (χ1) is 10.5. The van der Waals surface area contributed by atoms with Gasteiger partial charge in [0.1, 0.15) is 0 Å². The maximum atomic E-state index is 12.5. The van der Waals surface area contributed by atoms with Crippen molar-refractivity contribution in [1.29, 1.82) is 0 Å². The number of hydrogen-bond acceptors (Lipinski definition) is 5. The third-order valence-corrected chi connectivity index (χ3v) is 3.39. The molecule has 2 aromatic heterocycles. The average Bonchev–Trinajstić information content (AvgIpc) is 2.88. The number of fused-ring (bicyclic) bond motifs is 1. The summed E-state index contributed by atoms with van der Waals surface area (Å²) in [6, 6.07) is 1.92. The Morgan fingerprint density at radius 2 is 1.95 bits per heavy atom. The molecule has 0 fully saturated rings. The number of hydrogen-bond donors (Lipinski definition) is 0.